The van der Waals surface area contributed by atoms with E-state index in [2.05, 4.69) is 9.82 Å². The molecule has 2 heterocycles. The van der Waals surface area contributed by atoms with E-state index in [0.717, 1.165) is 16.9 Å². The molecule has 1 aromatic carbocycles. The largest absolute Gasteiger partial charge is 0.480 e. The maximum atomic E-state index is 13.0. The van der Waals surface area contributed by atoms with E-state index in [4.69, 9.17) is 5.11 Å². The van der Waals surface area contributed by atoms with Crippen molar-refractivity contribution < 1.29 is 23.4 Å². The van der Waals surface area contributed by atoms with Gasteiger partial charge in [0.2, 0.25) is 0 Å². The Kier molecular flexibility index (Phi) is 4.61. The zero-order valence-electron chi connectivity index (χ0n) is 15.4. The predicted octanol–water partition coefficient (Wildman–Crippen LogP) is 1.89. The third-order valence-electron chi connectivity index (χ3n) is 5.40. The molecule has 0 radical (unpaired) electrons. The van der Waals surface area contributed by atoms with Gasteiger partial charge in [0, 0.05) is 17.2 Å². The molecular weight excluding hydrogens is 414 g/mol. The summed E-state index contributed by atoms with van der Waals surface area (Å²) in [6, 6.07) is 12.0. The lowest BCUT2D eigenvalue weighted by Gasteiger charge is -2.20. The standard InChI is InChI=1S/C19H19N3O5S2/c1-18(14-5-3-2-4-6-14)12-19(18,17(24)25)21-29(26,27)16-8-7-15(28-16)22-10-13(11-23)9-20-22/h2-10,21,23H,11-12H2,1H3,(H,24,25)/t18-,19-/m1/s1. The highest BCUT2D eigenvalue weighted by Crippen LogP contribution is 2.58. The van der Waals surface area contributed by atoms with Crippen LogP contribution in [0.25, 0.3) is 5.00 Å². The Morgan fingerprint density at radius 1 is 1.28 bits per heavy atom. The van der Waals surface area contributed by atoms with Crippen LogP contribution >= 0.6 is 11.3 Å². The van der Waals surface area contributed by atoms with Gasteiger partial charge in [0.15, 0.2) is 0 Å². The normalized spacial score (nSPS) is 23.8. The summed E-state index contributed by atoms with van der Waals surface area (Å²) in [7, 11) is -4.07. The number of aromatic nitrogens is 2. The Labute approximate surface area is 171 Å². The van der Waals surface area contributed by atoms with E-state index in [-0.39, 0.29) is 17.2 Å². The molecule has 1 fully saturated rings. The van der Waals surface area contributed by atoms with Gasteiger partial charge in [-0.15, -0.1) is 11.3 Å². The molecular formula is C19H19N3O5S2. The van der Waals surface area contributed by atoms with E-state index in [1.165, 1.54) is 16.9 Å². The second kappa shape index (κ2) is 6.77. The highest BCUT2D eigenvalue weighted by atomic mass is 32.2. The SMILES string of the molecule is C[C@]1(c2ccccc2)C[C@@]1(NS(=O)(=O)c1ccc(-n2cc(CO)cn2)s1)C(=O)O. The summed E-state index contributed by atoms with van der Waals surface area (Å²) >= 11 is 0.968. The minimum atomic E-state index is -4.07. The van der Waals surface area contributed by atoms with Crippen LogP contribution < -0.4 is 4.72 Å². The molecule has 3 N–H and O–H groups in total. The first-order chi connectivity index (χ1) is 13.7. The van der Waals surface area contributed by atoms with E-state index in [1.54, 1.807) is 43.5 Å². The number of nitrogens with one attached hydrogen (secondary N) is 1. The average Bonchev–Trinajstić information content (AvgIpc) is 3.11. The molecule has 0 saturated heterocycles. The number of carboxylic acids is 1. The van der Waals surface area contributed by atoms with Crippen molar-refractivity contribution in [2.45, 2.75) is 35.1 Å². The fraction of sp³-hybridized carbons (Fsp3) is 0.263. The van der Waals surface area contributed by atoms with Crippen LogP contribution in [-0.4, -0.2) is 39.9 Å². The van der Waals surface area contributed by atoms with E-state index < -0.39 is 26.9 Å². The van der Waals surface area contributed by atoms with Gasteiger partial charge in [-0.2, -0.15) is 9.82 Å². The number of thiophene rings is 1. The molecule has 3 aromatic rings. The van der Waals surface area contributed by atoms with Crippen LogP contribution in [0.4, 0.5) is 0 Å². The van der Waals surface area contributed by atoms with E-state index >= 15 is 0 Å². The highest BCUT2D eigenvalue weighted by Gasteiger charge is 2.72. The van der Waals surface area contributed by atoms with Crippen molar-refractivity contribution in [3.63, 3.8) is 0 Å². The minimum Gasteiger partial charge on any atom is -0.480 e. The zero-order chi connectivity index (χ0) is 20.9. The quantitative estimate of drug-likeness (QED) is 0.523. The van der Waals surface area contributed by atoms with Crippen LogP contribution in [-0.2, 0) is 26.8 Å². The molecule has 1 saturated carbocycles. The number of hydrogen-bond acceptors (Lipinski definition) is 6. The van der Waals surface area contributed by atoms with Crippen LogP contribution in [0.3, 0.4) is 0 Å². The van der Waals surface area contributed by atoms with Crippen molar-refractivity contribution in [2.75, 3.05) is 0 Å². The average molecular weight is 434 g/mol. The third kappa shape index (κ3) is 3.18. The molecule has 1 aliphatic carbocycles. The maximum Gasteiger partial charge on any atom is 0.325 e. The first-order valence-electron chi connectivity index (χ1n) is 8.79. The van der Waals surface area contributed by atoms with Crippen molar-refractivity contribution in [3.05, 3.63) is 66.0 Å². The van der Waals surface area contributed by atoms with E-state index in [1.807, 2.05) is 6.07 Å². The fourth-order valence-corrected chi connectivity index (χ4v) is 6.25. The molecule has 10 heteroatoms. The number of rotatable bonds is 7. The summed E-state index contributed by atoms with van der Waals surface area (Å²) < 4.78 is 29.9. The van der Waals surface area contributed by atoms with Gasteiger partial charge in [-0.3, -0.25) is 4.79 Å². The second-order valence-electron chi connectivity index (χ2n) is 7.23. The van der Waals surface area contributed by atoms with Gasteiger partial charge in [0.25, 0.3) is 10.0 Å². The topological polar surface area (TPSA) is 122 Å². The molecule has 0 amide bonds. The third-order valence-corrected chi connectivity index (χ3v) is 8.46. The molecule has 0 aliphatic heterocycles. The molecule has 0 bridgehead atoms. The van der Waals surface area contributed by atoms with Crippen LogP contribution in [0.2, 0.25) is 0 Å². The van der Waals surface area contributed by atoms with Gasteiger partial charge < -0.3 is 10.2 Å². The van der Waals surface area contributed by atoms with E-state index in [0.29, 0.717) is 10.6 Å². The van der Waals surface area contributed by atoms with E-state index in [9.17, 15) is 18.3 Å². The molecule has 1 aliphatic rings. The van der Waals surface area contributed by atoms with Gasteiger partial charge in [0.1, 0.15) is 14.7 Å². The number of benzene rings is 1. The summed E-state index contributed by atoms with van der Waals surface area (Å²) in [5.41, 5.74) is -1.08. The van der Waals surface area contributed by atoms with Crippen LogP contribution in [0.5, 0.6) is 0 Å². The second-order valence-corrected chi connectivity index (χ2v) is 10.2. The lowest BCUT2D eigenvalue weighted by atomic mass is 9.93. The van der Waals surface area contributed by atoms with Crippen molar-refractivity contribution in [1.82, 2.24) is 14.5 Å². The summed E-state index contributed by atoms with van der Waals surface area (Å²) in [6.45, 7) is 1.58. The Bertz CT molecular complexity index is 1170. The van der Waals surface area contributed by atoms with Crippen molar-refractivity contribution in [1.29, 1.82) is 0 Å². The minimum absolute atomic E-state index is 0.00325. The smallest absolute Gasteiger partial charge is 0.325 e. The predicted molar refractivity (Wildman–Crippen MR) is 106 cm³/mol. The van der Waals surface area contributed by atoms with Crippen LogP contribution in [0.15, 0.2) is 59.1 Å². The molecule has 2 atom stereocenters. The Morgan fingerprint density at radius 3 is 2.62 bits per heavy atom. The molecule has 2 aromatic heterocycles. The number of aliphatic hydroxyl groups is 1. The number of carbonyl (C=O) groups is 1. The van der Waals surface area contributed by atoms with Gasteiger partial charge >= 0.3 is 5.97 Å². The van der Waals surface area contributed by atoms with Crippen molar-refractivity contribution >= 4 is 27.3 Å². The number of aliphatic carboxylic acids is 1. The number of hydrogen-bond donors (Lipinski definition) is 3. The molecule has 8 nitrogen and oxygen atoms in total. The lowest BCUT2D eigenvalue weighted by molar-refractivity contribution is -0.140. The van der Waals surface area contributed by atoms with Crippen LogP contribution in [0, 0.1) is 0 Å². The Morgan fingerprint density at radius 2 is 2.00 bits per heavy atom. The summed E-state index contributed by atoms with van der Waals surface area (Å²) in [4.78, 5) is 12.1. The fourth-order valence-electron chi connectivity index (χ4n) is 3.56. The molecule has 0 unspecified atom stereocenters. The first-order valence-corrected chi connectivity index (χ1v) is 11.1. The van der Waals surface area contributed by atoms with Crippen LogP contribution in [0.1, 0.15) is 24.5 Å². The number of aliphatic hydroxyl groups excluding tert-OH is 1. The Balaban J connectivity index is 1.64. The molecule has 0 spiro atoms. The van der Waals surface area contributed by atoms with Gasteiger partial charge in [-0.25, -0.2) is 13.1 Å². The Hall–Kier alpha value is -2.53. The van der Waals surface area contributed by atoms with Gasteiger partial charge in [0.05, 0.1) is 12.8 Å². The monoisotopic (exact) mass is 433 g/mol. The summed E-state index contributed by atoms with van der Waals surface area (Å²) in [5.74, 6) is -1.20. The molecule has 4 rings (SSSR count). The van der Waals surface area contributed by atoms with Crippen molar-refractivity contribution in [3.8, 4) is 5.00 Å². The highest BCUT2D eigenvalue weighted by molar-refractivity contribution is 7.91. The number of sulfonamides is 1. The van der Waals surface area contributed by atoms with Crippen molar-refractivity contribution in [2.24, 2.45) is 0 Å². The van der Waals surface area contributed by atoms with Gasteiger partial charge in [-0.1, -0.05) is 37.3 Å². The molecule has 152 valence electrons. The summed E-state index contributed by atoms with van der Waals surface area (Å²) in [5, 5.41) is 23.6. The first kappa shape index (κ1) is 19.8. The zero-order valence-corrected chi connectivity index (χ0v) is 17.1. The number of carboxylic acid groups (broad SMARTS) is 1. The maximum absolute atomic E-state index is 13.0. The lowest BCUT2D eigenvalue weighted by Crippen LogP contribution is -2.47. The van der Waals surface area contributed by atoms with Gasteiger partial charge in [-0.05, 0) is 24.1 Å². The summed E-state index contributed by atoms with van der Waals surface area (Å²) in [6.07, 6.45) is 3.25. The number of nitrogens with zero attached hydrogens (tertiary/aromatic N) is 2. The molecule has 29 heavy (non-hydrogen) atoms.